The molecule has 0 aliphatic carbocycles. The average Bonchev–Trinajstić information content (AvgIpc) is 2.69. The van der Waals surface area contributed by atoms with Crippen molar-refractivity contribution in [3.8, 4) is 11.5 Å². The fourth-order valence-corrected chi connectivity index (χ4v) is 2.21. The largest absolute Gasteiger partial charge is 0.334 e. The van der Waals surface area contributed by atoms with Crippen LogP contribution < -0.4 is 0 Å². The quantitative estimate of drug-likeness (QED) is 0.752. The highest BCUT2D eigenvalue weighted by Gasteiger charge is 2.18. The molecule has 2 rings (SSSR count). The van der Waals surface area contributed by atoms with Gasteiger partial charge in [-0.05, 0) is 12.1 Å². The van der Waals surface area contributed by atoms with Crippen molar-refractivity contribution >= 4 is 19.7 Å². The van der Waals surface area contributed by atoms with Crippen LogP contribution in [0, 0.1) is 0 Å². The number of nitrogens with zero attached hydrogens (tertiary/aromatic N) is 2. The van der Waals surface area contributed by atoms with Gasteiger partial charge >= 0.3 is 0 Å². The number of rotatable bonds is 2. The Hall–Kier alpha value is -1.40. The minimum absolute atomic E-state index is 0.0454. The second kappa shape index (κ2) is 3.63. The molecule has 1 aromatic carbocycles. The smallest absolute Gasteiger partial charge is 0.262 e. The van der Waals surface area contributed by atoms with Gasteiger partial charge in [0.05, 0.1) is 10.5 Å². The molecule has 78 valence electrons. The SMILES string of the molecule is O=S(=O)(Cl)c1ccccc1-c1ncno1. The van der Waals surface area contributed by atoms with Gasteiger partial charge in [0, 0.05) is 10.7 Å². The van der Waals surface area contributed by atoms with Crippen molar-refractivity contribution < 1.29 is 12.9 Å². The van der Waals surface area contributed by atoms with E-state index in [0.29, 0.717) is 5.56 Å². The molecular formula is C8H5ClN2O3S. The Morgan fingerprint density at radius 2 is 2.00 bits per heavy atom. The lowest BCUT2D eigenvalue weighted by Crippen LogP contribution is -1.94. The summed E-state index contributed by atoms with van der Waals surface area (Å²) in [4.78, 5) is 3.71. The van der Waals surface area contributed by atoms with Gasteiger partial charge in [-0.3, -0.25) is 0 Å². The molecule has 0 bridgehead atoms. The van der Waals surface area contributed by atoms with E-state index in [1.54, 1.807) is 18.2 Å². The summed E-state index contributed by atoms with van der Waals surface area (Å²) < 4.78 is 27.2. The number of hydrogen-bond acceptors (Lipinski definition) is 5. The number of hydrogen-bond donors (Lipinski definition) is 0. The van der Waals surface area contributed by atoms with Crippen LogP contribution in [-0.2, 0) is 9.05 Å². The maximum Gasteiger partial charge on any atom is 0.262 e. The molecule has 1 heterocycles. The molecule has 0 unspecified atom stereocenters. The monoisotopic (exact) mass is 244 g/mol. The molecular weight excluding hydrogens is 240 g/mol. The lowest BCUT2D eigenvalue weighted by molar-refractivity contribution is 0.429. The highest BCUT2D eigenvalue weighted by Crippen LogP contribution is 2.27. The molecule has 1 aromatic heterocycles. The van der Waals surface area contributed by atoms with E-state index >= 15 is 0 Å². The van der Waals surface area contributed by atoms with Crippen molar-refractivity contribution in [3.05, 3.63) is 30.6 Å². The minimum Gasteiger partial charge on any atom is -0.334 e. The summed E-state index contributed by atoms with van der Waals surface area (Å²) in [5.74, 6) is 0.120. The first-order chi connectivity index (χ1) is 7.09. The van der Waals surface area contributed by atoms with Crippen molar-refractivity contribution in [3.63, 3.8) is 0 Å². The summed E-state index contributed by atoms with van der Waals surface area (Å²) in [6.07, 6.45) is 1.19. The van der Waals surface area contributed by atoms with Crippen molar-refractivity contribution in [2.45, 2.75) is 4.90 Å². The third kappa shape index (κ3) is 2.00. The van der Waals surface area contributed by atoms with Gasteiger partial charge in [0.2, 0.25) is 0 Å². The Morgan fingerprint density at radius 1 is 1.27 bits per heavy atom. The topological polar surface area (TPSA) is 73.1 Å². The zero-order valence-electron chi connectivity index (χ0n) is 7.29. The van der Waals surface area contributed by atoms with Crippen molar-refractivity contribution in [1.82, 2.24) is 10.1 Å². The van der Waals surface area contributed by atoms with Crippen LogP contribution in [-0.4, -0.2) is 18.6 Å². The molecule has 5 nitrogen and oxygen atoms in total. The van der Waals surface area contributed by atoms with Crippen LogP contribution in [0.4, 0.5) is 0 Å². The molecule has 0 atom stereocenters. The summed E-state index contributed by atoms with van der Waals surface area (Å²) in [6, 6.07) is 6.14. The van der Waals surface area contributed by atoms with Gasteiger partial charge in [-0.25, -0.2) is 8.42 Å². The Bertz CT molecular complexity index is 565. The third-order valence-corrected chi connectivity index (χ3v) is 3.12. The third-order valence-electron chi connectivity index (χ3n) is 1.74. The van der Waals surface area contributed by atoms with Crippen LogP contribution in [0.3, 0.4) is 0 Å². The second-order valence-corrected chi connectivity index (χ2v) is 5.21. The Labute approximate surface area is 90.1 Å². The first kappa shape index (κ1) is 10.1. The van der Waals surface area contributed by atoms with Gasteiger partial charge < -0.3 is 4.52 Å². The Morgan fingerprint density at radius 3 is 2.60 bits per heavy atom. The molecule has 0 N–H and O–H groups in total. The predicted molar refractivity (Wildman–Crippen MR) is 52.8 cm³/mol. The van der Waals surface area contributed by atoms with E-state index in [9.17, 15) is 8.42 Å². The molecule has 7 heteroatoms. The highest BCUT2D eigenvalue weighted by atomic mass is 35.7. The van der Waals surface area contributed by atoms with E-state index in [1.807, 2.05) is 0 Å². The molecule has 0 radical (unpaired) electrons. The van der Waals surface area contributed by atoms with Gasteiger partial charge in [0.1, 0.15) is 0 Å². The molecule has 0 fully saturated rings. The van der Waals surface area contributed by atoms with Gasteiger partial charge in [-0.15, -0.1) is 0 Å². The summed E-state index contributed by atoms with van der Waals surface area (Å²) >= 11 is 0. The number of benzene rings is 1. The van der Waals surface area contributed by atoms with Crippen LogP contribution in [0.5, 0.6) is 0 Å². The standard InChI is InChI=1S/C8H5ClN2O3S/c9-15(12,13)7-4-2-1-3-6(7)8-10-5-11-14-8/h1-5H. The predicted octanol–water partition coefficient (Wildman–Crippen LogP) is 1.66. The fraction of sp³-hybridized carbons (Fsp3) is 0. The Balaban J connectivity index is 2.68. The van der Waals surface area contributed by atoms with Crippen molar-refractivity contribution in [2.24, 2.45) is 0 Å². The van der Waals surface area contributed by atoms with Crippen molar-refractivity contribution in [1.29, 1.82) is 0 Å². The lowest BCUT2D eigenvalue weighted by atomic mass is 10.2. The molecule has 0 aliphatic heterocycles. The normalized spacial score (nSPS) is 11.5. The van der Waals surface area contributed by atoms with E-state index in [4.69, 9.17) is 15.2 Å². The molecule has 0 amide bonds. The van der Waals surface area contributed by atoms with E-state index in [0.717, 1.165) is 0 Å². The first-order valence-corrected chi connectivity index (χ1v) is 6.21. The summed E-state index contributed by atoms with van der Waals surface area (Å²) in [6.45, 7) is 0. The fourth-order valence-electron chi connectivity index (χ4n) is 1.15. The maximum atomic E-state index is 11.2. The minimum atomic E-state index is -3.82. The molecule has 15 heavy (non-hydrogen) atoms. The lowest BCUT2D eigenvalue weighted by Gasteiger charge is -2.00. The van der Waals surface area contributed by atoms with Crippen LogP contribution in [0.2, 0.25) is 0 Å². The zero-order valence-corrected chi connectivity index (χ0v) is 8.86. The molecule has 0 spiro atoms. The maximum absolute atomic E-state index is 11.2. The van der Waals surface area contributed by atoms with E-state index < -0.39 is 9.05 Å². The number of aromatic nitrogens is 2. The highest BCUT2D eigenvalue weighted by molar-refractivity contribution is 8.13. The number of halogens is 1. The first-order valence-electron chi connectivity index (χ1n) is 3.90. The summed E-state index contributed by atoms with van der Waals surface area (Å²) in [7, 11) is 1.45. The second-order valence-electron chi connectivity index (χ2n) is 2.68. The van der Waals surface area contributed by atoms with Gasteiger partial charge in [0.15, 0.2) is 6.33 Å². The van der Waals surface area contributed by atoms with E-state index in [-0.39, 0.29) is 10.8 Å². The van der Waals surface area contributed by atoms with Gasteiger partial charge in [-0.1, -0.05) is 17.3 Å². The van der Waals surface area contributed by atoms with E-state index in [1.165, 1.54) is 12.4 Å². The molecule has 0 saturated carbocycles. The van der Waals surface area contributed by atoms with Crippen LogP contribution in [0.1, 0.15) is 0 Å². The average molecular weight is 245 g/mol. The summed E-state index contributed by atoms with van der Waals surface area (Å²) in [5, 5.41) is 3.40. The van der Waals surface area contributed by atoms with Crippen molar-refractivity contribution in [2.75, 3.05) is 0 Å². The Kier molecular flexibility index (Phi) is 2.45. The van der Waals surface area contributed by atoms with Crippen LogP contribution in [0.15, 0.2) is 40.0 Å². The zero-order chi connectivity index (χ0) is 10.9. The van der Waals surface area contributed by atoms with Crippen LogP contribution >= 0.6 is 10.7 Å². The molecule has 0 saturated heterocycles. The summed E-state index contributed by atoms with van der Waals surface area (Å²) in [5.41, 5.74) is 0.296. The van der Waals surface area contributed by atoms with Gasteiger partial charge in [0.25, 0.3) is 14.9 Å². The van der Waals surface area contributed by atoms with Gasteiger partial charge in [-0.2, -0.15) is 4.98 Å². The molecule has 0 aliphatic rings. The molecule has 2 aromatic rings. The van der Waals surface area contributed by atoms with E-state index in [2.05, 4.69) is 10.1 Å². The van der Waals surface area contributed by atoms with Crippen LogP contribution in [0.25, 0.3) is 11.5 Å².